The fourth-order valence-electron chi connectivity index (χ4n) is 3.66. The number of nitrogens with two attached hydrogens (primary N) is 2. The number of carbonyl (C=O) groups excluding carboxylic acids is 4. The molecule has 2 rings (SSSR count). The number of thioether (sulfide) groups is 1. The van der Waals surface area contributed by atoms with Crippen LogP contribution in [0, 0.1) is 11.8 Å². The molecule has 0 aliphatic rings. The van der Waals surface area contributed by atoms with E-state index in [1.165, 1.54) is 11.8 Å². The Bertz CT molecular complexity index is 1430. The van der Waals surface area contributed by atoms with Crippen molar-refractivity contribution in [1.29, 1.82) is 0 Å². The van der Waals surface area contributed by atoms with Gasteiger partial charge in [0.05, 0.1) is 11.8 Å². The lowest BCUT2D eigenvalue weighted by atomic mass is 9.99. The SMILES string of the molecule is F.F.NC(CCC(=O)CC(CS)C(=O)NCC(=O)O)C(=O)O.NC(CCC(=O)CC(CSc1ccncc1)C(=O)NCC(=O)O)C(=O)O.c1ccncc1. The van der Waals surface area contributed by atoms with E-state index in [0.29, 0.717) is 0 Å². The van der Waals surface area contributed by atoms with Gasteiger partial charge in [0.25, 0.3) is 0 Å². The van der Waals surface area contributed by atoms with Gasteiger partial charge in [-0.15, -0.1) is 11.8 Å². The molecule has 302 valence electrons. The largest absolute Gasteiger partial charge is 0.480 e. The van der Waals surface area contributed by atoms with Gasteiger partial charge in [0.2, 0.25) is 11.8 Å². The van der Waals surface area contributed by atoms with Crippen LogP contribution >= 0.6 is 24.4 Å². The van der Waals surface area contributed by atoms with Gasteiger partial charge in [0.1, 0.15) is 36.7 Å². The highest BCUT2D eigenvalue weighted by Gasteiger charge is 2.24. The van der Waals surface area contributed by atoms with Gasteiger partial charge < -0.3 is 42.5 Å². The smallest absolute Gasteiger partial charge is 0.322 e. The number of hydrogen-bond donors (Lipinski definition) is 9. The van der Waals surface area contributed by atoms with E-state index in [-0.39, 0.29) is 71.0 Å². The molecule has 0 fully saturated rings. The number of nitrogens with one attached hydrogen (secondary N) is 2. The highest BCUT2D eigenvalue weighted by molar-refractivity contribution is 7.99. The van der Waals surface area contributed by atoms with Crippen LogP contribution in [-0.2, 0) is 38.4 Å². The highest BCUT2D eigenvalue weighted by Crippen LogP contribution is 2.22. The first-order chi connectivity index (χ1) is 24.6. The molecule has 18 nitrogen and oxygen atoms in total. The third-order valence-electron chi connectivity index (χ3n) is 6.51. The van der Waals surface area contributed by atoms with Crippen molar-refractivity contribution in [3.8, 4) is 0 Å². The Balaban J connectivity index is -0.000000822. The van der Waals surface area contributed by atoms with Crippen molar-refractivity contribution in [2.45, 2.75) is 55.5 Å². The minimum absolute atomic E-state index is 0. The van der Waals surface area contributed by atoms with Gasteiger partial charge in [-0.1, -0.05) is 6.07 Å². The standard InChI is InChI=1S/C16H21N3O6S.C11H18N2O6S.C5H5N.2FH/c17-13(16(24)25)2-1-11(20)7-10(15(23)19-8-14(21)22)9-26-12-3-5-18-6-4-12;12-8(11(18)19)2-1-7(14)3-6(5-20)10(17)13-4-9(15)16;1-2-4-6-5-3-1;;/h3-6,10,13H,1-2,7-9,17H2,(H,19,23)(H,21,22)(H,24,25);6,8,20H,1-5,12H2,(H,13,17)(H,15,16)(H,18,19);1-5H;2*1H. The van der Waals surface area contributed by atoms with Crippen molar-refractivity contribution < 1.29 is 68.2 Å². The van der Waals surface area contributed by atoms with Crippen LogP contribution in [0.15, 0.2) is 60.0 Å². The number of amides is 2. The summed E-state index contributed by atoms with van der Waals surface area (Å²) < 4.78 is 0. The third kappa shape index (κ3) is 27.6. The van der Waals surface area contributed by atoms with Crippen molar-refractivity contribution in [3.63, 3.8) is 0 Å². The highest BCUT2D eigenvalue weighted by atomic mass is 32.2. The molecular weight excluding hydrogens is 763 g/mol. The van der Waals surface area contributed by atoms with Crippen molar-refractivity contribution in [3.05, 3.63) is 55.1 Å². The van der Waals surface area contributed by atoms with Crippen LogP contribution in [0.25, 0.3) is 0 Å². The summed E-state index contributed by atoms with van der Waals surface area (Å²) in [6, 6.07) is 6.97. The lowest BCUT2D eigenvalue weighted by molar-refractivity contribution is -0.140. The van der Waals surface area contributed by atoms with E-state index in [1.807, 2.05) is 18.2 Å². The van der Waals surface area contributed by atoms with E-state index in [9.17, 15) is 38.4 Å². The van der Waals surface area contributed by atoms with Crippen LogP contribution in [-0.4, -0.2) is 114 Å². The summed E-state index contributed by atoms with van der Waals surface area (Å²) in [7, 11) is 0. The Morgan fingerprint density at radius 3 is 1.43 bits per heavy atom. The number of carbonyl (C=O) groups is 8. The number of carboxylic acids is 4. The lowest BCUT2D eigenvalue weighted by Crippen LogP contribution is -2.37. The second-order valence-electron chi connectivity index (χ2n) is 10.8. The maximum absolute atomic E-state index is 12.2. The van der Waals surface area contributed by atoms with E-state index >= 15 is 0 Å². The van der Waals surface area contributed by atoms with Crippen LogP contribution in [0.1, 0.15) is 38.5 Å². The number of ketones is 2. The van der Waals surface area contributed by atoms with Crippen LogP contribution in [0.3, 0.4) is 0 Å². The molecule has 2 aromatic heterocycles. The molecule has 22 heteroatoms. The molecule has 4 atom stereocenters. The molecule has 2 heterocycles. The minimum Gasteiger partial charge on any atom is -0.480 e. The normalized spacial score (nSPS) is 12.0. The number of hydrogen-bond acceptors (Lipinski definition) is 14. The predicted octanol–water partition coefficient (Wildman–Crippen LogP) is 0.413. The number of halogens is 2. The van der Waals surface area contributed by atoms with Gasteiger partial charge in [0, 0.05) is 66.9 Å². The number of nitrogens with zero attached hydrogens (tertiary/aromatic N) is 2. The van der Waals surface area contributed by atoms with E-state index in [1.54, 1.807) is 36.9 Å². The molecule has 0 saturated carbocycles. The van der Waals surface area contributed by atoms with Gasteiger partial charge >= 0.3 is 23.9 Å². The van der Waals surface area contributed by atoms with E-state index < -0.39 is 72.7 Å². The van der Waals surface area contributed by atoms with Crippen molar-refractivity contribution in [1.82, 2.24) is 20.6 Å². The first-order valence-corrected chi connectivity index (χ1v) is 17.2. The molecule has 0 saturated heterocycles. The maximum Gasteiger partial charge on any atom is 0.322 e. The molecule has 54 heavy (non-hydrogen) atoms. The molecule has 0 aromatic carbocycles. The predicted molar refractivity (Wildman–Crippen MR) is 195 cm³/mol. The first-order valence-electron chi connectivity index (χ1n) is 15.5. The number of aliphatic carboxylic acids is 4. The molecule has 0 radical (unpaired) electrons. The maximum atomic E-state index is 12.2. The average molecular weight is 809 g/mol. The van der Waals surface area contributed by atoms with Gasteiger partial charge in [-0.05, 0) is 37.1 Å². The Hall–Kier alpha value is -5.06. The molecule has 10 N–H and O–H groups in total. The van der Waals surface area contributed by atoms with Gasteiger partial charge in [-0.2, -0.15) is 12.6 Å². The molecule has 2 amide bonds. The van der Waals surface area contributed by atoms with Gasteiger partial charge in [0.15, 0.2) is 0 Å². The molecule has 0 spiro atoms. The first kappa shape index (κ1) is 53.3. The van der Waals surface area contributed by atoms with Crippen LogP contribution in [0.4, 0.5) is 9.41 Å². The number of rotatable bonds is 22. The zero-order valence-corrected chi connectivity index (χ0v) is 30.6. The fraction of sp³-hybridized carbons (Fsp3) is 0.438. The molecule has 2 aromatic rings. The summed E-state index contributed by atoms with van der Waals surface area (Å²) in [5, 5.41) is 38.8. The van der Waals surface area contributed by atoms with E-state index in [4.69, 9.17) is 31.9 Å². The summed E-state index contributed by atoms with van der Waals surface area (Å²) >= 11 is 5.28. The Morgan fingerprint density at radius 2 is 1.07 bits per heavy atom. The summed E-state index contributed by atoms with van der Waals surface area (Å²) in [5.74, 6) is -7.60. The van der Waals surface area contributed by atoms with Crippen LogP contribution < -0.4 is 22.1 Å². The van der Waals surface area contributed by atoms with Crippen molar-refractivity contribution in [2.24, 2.45) is 23.3 Å². The summed E-state index contributed by atoms with van der Waals surface area (Å²) in [6.45, 7) is -1.06. The quantitative estimate of drug-likeness (QED) is 0.0575. The number of aromatic nitrogens is 2. The topological polar surface area (TPSA) is 319 Å². The van der Waals surface area contributed by atoms with Gasteiger partial charge in [-0.3, -0.25) is 57.7 Å². The second kappa shape index (κ2) is 31.5. The number of thiol groups is 1. The van der Waals surface area contributed by atoms with Crippen LogP contribution in [0.5, 0.6) is 0 Å². The number of carboxylic acid groups (broad SMARTS) is 4. The van der Waals surface area contributed by atoms with Crippen molar-refractivity contribution >= 4 is 71.6 Å². The zero-order valence-electron chi connectivity index (χ0n) is 28.9. The lowest BCUT2D eigenvalue weighted by Gasteiger charge is -2.16. The summed E-state index contributed by atoms with van der Waals surface area (Å²) in [6.07, 6.45) is 6.32. The molecule has 0 aliphatic carbocycles. The monoisotopic (exact) mass is 808 g/mol. The van der Waals surface area contributed by atoms with Crippen LogP contribution in [0.2, 0.25) is 0 Å². The molecule has 4 unspecified atom stereocenters. The molecular formula is C32H46F2N6O12S2. The molecule has 0 bridgehead atoms. The van der Waals surface area contributed by atoms with E-state index in [0.717, 1.165) is 4.90 Å². The van der Waals surface area contributed by atoms with Crippen molar-refractivity contribution in [2.75, 3.05) is 24.6 Å². The van der Waals surface area contributed by atoms with E-state index in [2.05, 4.69) is 33.2 Å². The van der Waals surface area contributed by atoms with Gasteiger partial charge in [-0.25, -0.2) is 0 Å². The molecule has 0 aliphatic heterocycles. The summed E-state index contributed by atoms with van der Waals surface area (Å²) in [5.41, 5.74) is 10.6. The fourth-order valence-corrected chi connectivity index (χ4v) is 4.93. The summed E-state index contributed by atoms with van der Waals surface area (Å²) in [4.78, 5) is 98.0. The Labute approximate surface area is 318 Å². The zero-order chi connectivity index (χ0) is 39.5. The Kier molecular flexibility index (Phi) is 31.1. The average Bonchev–Trinajstić information content (AvgIpc) is 3.12. The minimum atomic E-state index is -1.19. The third-order valence-corrected chi connectivity index (χ3v) is 8.12. The number of pyridine rings is 2. The second-order valence-corrected chi connectivity index (χ2v) is 12.2. The Morgan fingerprint density at radius 1 is 0.667 bits per heavy atom. The number of Topliss-reactive ketones (excluding diaryl/α,β-unsaturated/α-hetero) is 2.